The number of fused-ring (bicyclic) bond motifs is 1. The van der Waals surface area contributed by atoms with Crippen molar-refractivity contribution in [1.29, 1.82) is 0 Å². The van der Waals surface area contributed by atoms with Gasteiger partial charge in [-0.2, -0.15) is 0 Å². The van der Waals surface area contributed by atoms with E-state index >= 15 is 0 Å². The van der Waals surface area contributed by atoms with E-state index < -0.39 is 0 Å². The minimum Gasteiger partial charge on any atom is -0.497 e. The summed E-state index contributed by atoms with van der Waals surface area (Å²) in [5, 5.41) is 3.33. The lowest BCUT2D eigenvalue weighted by Crippen LogP contribution is -2.52. The zero-order chi connectivity index (χ0) is 13.2. The topological polar surface area (TPSA) is 41.6 Å². The molecule has 1 saturated heterocycles. The van der Waals surface area contributed by atoms with Crippen molar-refractivity contribution in [3.63, 3.8) is 0 Å². The predicted octanol–water partition coefficient (Wildman–Crippen LogP) is 1.10. The Hall–Kier alpha value is -1.39. The Bertz CT molecular complexity index is 481. The van der Waals surface area contributed by atoms with Crippen molar-refractivity contribution in [2.24, 2.45) is 0 Å². The quantitative estimate of drug-likeness (QED) is 0.864. The van der Waals surface area contributed by atoms with Crippen molar-refractivity contribution in [1.82, 2.24) is 10.2 Å². The fourth-order valence-corrected chi connectivity index (χ4v) is 3.09. The number of benzene rings is 1. The van der Waals surface area contributed by atoms with Gasteiger partial charge in [0, 0.05) is 31.7 Å². The molecule has 19 heavy (non-hydrogen) atoms. The maximum atomic E-state index is 12.6. The molecule has 1 aromatic rings. The van der Waals surface area contributed by atoms with Gasteiger partial charge >= 0.3 is 0 Å². The molecule has 0 spiro atoms. The molecule has 1 aromatic carbocycles. The van der Waals surface area contributed by atoms with E-state index in [1.807, 2.05) is 18.2 Å². The molecule has 1 heterocycles. The summed E-state index contributed by atoms with van der Waals surface area (Å²) in [6.07, 6.45) is 1.89. The van der Waals surface area contributed by atoms with Crippen molar-refractivity contribution in [2.45, 2.75) is 18.9 Å². The predicted molar refractivity (Wildman–Crippen MR) is 73.9 cm³/mol. The summed E-state index contributed by atoms with van der Waals surface area (Å²) in [6, 6.07) is 5.88. The van der Waals surface area contributed by atoms with Crippen molar-refractivity contribution < 1.29 is 9.53 Å². The van der Waals surface area contributed by atoms with E-state index in [9.17, 15) is 4.79 Å². The molecule has 0 amide bonds. The Morgan fingerprint density at radius 3 is 2.84 bits per heavy atom. The highest BCUT2D eigenvalue weighted by atomic mass is 16.5. The van der Waals surface area contributed by atoms with E-state index in [-0.39, 0.29) is 11.8 Å². The van der Waals surface area contributed by atoms with Gasteiger partial charge in [0.05, 0.1) is 13.2 Å². The number of hydrogen-bond acceptors (Lipinski definition) is 4. The van der Waals surface area contributed by atoms with Crippen LogP contribution in [0, 0.1) is 0 Å². The normalized spacial score (nSPS) is 24.1. The smallest absolute Gasteiger partial charge is 0.180 e. The SMILES string of the molecule is COc1ccc2c(c1)CCC(N1CCNCC1)C2=O. The van der Waals surface area contributed by atoms with E-state index in [0.717, 1.165) is 55.9 Å². The first kappa shape index (κ1) is 12.6. The van der Waals surface area contributed by atoms with Crippen LogP contribution in [0.4, 0.5) is 0 Å². The second kappa shape index (κ2) is 5.31. The van der Waals surface area contributed by atoms with Gasteiger partial charge in [-0.15, -0.1) is 0 Å². The summed E-state index contributed by atoms with van der Waals surface area (Å²) < 4.78 is 5.23. The molecule has 2 aliphatic rings. The Balaban J connectivity index is 1.83. The molecule has 1 N–H and O–H groups in total. The number of rotatable bonds is 2. The third-order valence-corrected chi connectivity index (χ3v) is 4.16. The van der Waals surface area contributed by atoms with E-state index in [1.54, 1.807) is 7.11 Å². The fourth-order valence-electron chi connectivity index (χ4n) is 3.09. The van der Waals surface area contributed by atoms with Crippen molar-refractivity contribution in [3.05, 3.63) is 29.3 Å². The average Bonchev–Trinajstić information content (AvgIpc) is 2.48. The maximum Gasteiger partial charge on any atom is 0.180 e. The summed E-state index contributed by atoms with van der Waals surface area (Å²) in [5.41, 5.74) is 2.02. The number of aryl methyl sites for hydroxylation is 1. The van der Waals surface area contributed by atoms with E-state index in [1.165, 1.54) is 0 Å². The summed E-state index contributed by atoms with van der Waals surface area (Å²) in [7, 11) is 1.66. The molecule has 1 aliphatic heterocycles. The second-order valence-electron chi connectivity index (χ2n) is 5.23. The molecule has 4 heteroatoms. The van der Waals surface area contributed by atoms with Gasteiger partial charge in [-0.1, -0.05) is 0 Å². The molecule has 0 bridgehead atoms. The van der Waals surface area contributed by atoms with Gasteiger partial charge in [-0.3, -0.25) is 9.69 Å². The first-order valence-electron chi connectivity index (χ1n) is 6.95. The number of piperazine rings is 1. The van der Waals surface area contributed by atoms with Crippen molar-refractivity contribution in [2.75, 3.05) is 33.3 Å². The first-order chi connectivity index (χ1) is 9.29. The van der Waals surface area contributed by atoms with Gasteiger partial charge in [0.15, 0.2) is 5.78 Å². The average molecular weight is 260 g/mol. The number of ketones is 1. The molecular formula is C15H20N2O2. The highest BCUT2D eigenvalue weighted by molar-refractivity contribution is 6.02. The van der Waals surface area contributed by atoms with Gasteiger partial charge < -0.3 is 10.1 Å². The molecule has 1 fully saturated rings. The lowest BCUT2D eigenvalue weighted by molar-refractivity contribution is 0.0766. The van der Waals surface area contributed by atoms with Crippen molar-refractivity contribution >= 4 is 5.78 Å². The van der Waals surface area contributed by atoms with Crippen LogP contribution in [0.3, 0.4) is 0 Å². The molecular weight excluding hydrogens is 240 g/mol. The Morgan fingerprint density at radius 2 is 2.11 bits per heavy atom. The van der Waals surface area contributed by atoms with Gasteiger partial charge in [-0.05, 0) is 36.6 Å². The van der Waals surface area contributed by atoms with E-state index in [0.29, 0.717) is 0 Å². The largest absolute Gasteiger partial charge is 0.497 e. The number of nitrogens with zero attached hydrogens (tertiary/aromatic N) is 1. The number of hydrogen-bond donors (Lipinski definition) is 1. The third kappa shape index (κ3) is 2.38. The van der Waals surface area contributed by atoms with E-state index in [2.05, 4.69) is 10.2 Å². The number of carbonyl (C=O) groups is 1. The van der Waals surface area contributed by atoms with Crippen LogP contribution >= 0.6 is 0 Å². The van der Waals surface area contributed by atoms with Gasteiger partial charge in [0.1, 0.15) is 5.75 Å². The van der Waals surface area contributed by atoms with Crippen LogP contribution in [0.5, 0.6) is 5.75 Å². The molecule has 1 aliphatic carbocycles. The first-order valence-corrected chi connectivity index (χ1v) is 6.95. The molecule has 0 radical (unpaired) electrons. The fraction of sp³-hybridized carbons (Fsp3) is 0.533. The van der Waals surface area contributed by atoms with Crippen LogP contribution in [0.15, 0.2) is 18.2 Å². The van der Waals surface area contributed by atoms with Crippen LogP contribution in [-0.2, 0) is 6.42 Å². The van der Waals surface area contributed by atoms with Crippen LogP contribution in [0.25, 0.3) is 0 Å². The zero-order valence-electron chi connectivity index (χ0n) is 11.3. The van der Waals surface area contributed by atoms with E-state index in [4.69, 9.17) is 4.74 Å². The molecule has 1 unspecified atom stereocenters. The minimum atomic E-state index is 0.0722. The number of nitrogens with one attached hydrogen (secondary N) is 1. The van der Waals surface area contributed by atoms with Gasteiger partial charge in [0.25, 0.3) is 0 Å². The summed E-state index contributed by atoms with van der Waals surface area (Å²) in [6.45, 7) is 3.92. The monoisotopic (exact) mass is 260 g/mol. The molecule has 102 valence electrons. The lowest BCUT2D eigenvalue weighted by atomic mass is 9.86. The van der Waals surface area contributed by atoms with Crippen LogP contribution in [-0.4, -0.2) is 50.0 Å². The third-order valence-electron chi connectivity index (χ3n) is 4.16. The molecule has 0 aromatic heterocycles. The minimum absolute atomic E-state index is 0.0722. The highest BCUT2D eigenvalue weighted by Gasteiger charge is 2.32. The van der Waals surface area contributed by atoms with Gasteiger partial charge in [0.2, 0.25) is 0 Å². The molecule has 4 nitrogen and oxygen atoms in total. The summed E-state index contributed by atoms with van der Waals surface area (Å²) >= 11 is 0. The van der Waals surface area contributed by atoms with Gasteiger partial charge in [-0.25, -0.2) is 0 Å². The molecule has 3 rings (SSSR count). The Kier molecular flexibility index (Phi) is 3.53. The standard InChI is InChI=1S/C15H20N2O2/c1-19-12-3-4-13-11(10-12)2-5-14(15(13)18)17-8-6-16-7-9-17/h3-4,10,14,16H,2,5-9H2,1H3. The zero-order valence-corrected chi connectivity index (χ0v) is 11.3. The Labute approximate surface area is 113 Å². The van der Waals surface area contributed by atoms with Crippen LogP contribution in [0.2, 0.25) is 0 Å². The number of methoxy groups -OCH3 is 1. The van der Waals surface area contributed by atoms with Crippen LogP contribution < -0.4 is 10.1 Å². The number of Topliss-reactive ketones (excluding diaryl/α,β-unsaturated/α-hetero) is 1. The van der Waals surface area contributed by atoms with Crippen molar-refractivity contribution in [3.8, 4) is 5.75 Å². The summed E-state index contributed by atoms with van der Waals surface area (Å²) in [4.78, 5) is 14.9. The lowest BCUT2D eigenvalue weighted by Gasteiger charge is -2.36. The Morgan fingerprint density at radius 1 is 1.32 bits per heavy atom. The molecule has 0 saturated carbocycles. The number of ether oxygens (including phenoxy) is 1. The highest BCUT2D eigenvalue weighted by Crippen LogP contribution is 2.28. The maximum absolute atomic E-state index is 12.6. The summed E-state index contributed by atoms with van der Waals surface area (Å²) in [5.74, 6) is 1.12. The number of carbonyl (C=O) groups excluding carboxylic acids is 1. The van der Waals surface area contributed by atoms with Crippen LogP contribution in [0.1, 0.15) is 22.3 Å². The molecule has 1 atom stereocenters. The second-order valence-corrected chi connectivity index (χ2v) is 5.23.